The predicted molar refractivity (Wildman–Crippen MR) is 58.8 cm³/mol. The first-order chi connectivity index (χ1) is 6.59. The van der Waals surface area contributed by atoms with E-state index in [2.05, 4.69) is 11.6 Å². The Kier molecular flexibility index (Phi) is 1.93. The quantitative estimate of drug-likeness (QED) is 0.754. The fourth-order valence-corrected chi connectivity index (χ4v) is 2.30. The fraction of sp³-hybridized carbons (Fsp3) is 0.100. The van der Waals surface area contributed by atoms with Gasteiger partial charge in [-0.3, -0.25) is 4.79 Å². The van der Waals surface area contributed by atoms with Crippen molar-refractivity contribution in [2.75, 3.05) is 0 Å². The lowest BCUT2D eigenvalue weighted by Crippen LogP contribution is -1.89. The molecule has 0 saturated heterocycles. The molecule has 0 atom stereocenters. The molecular weight excluding hydrogens is 198 g/mol. The van der Waals surface area contributed by atoms with Gasteiger partial charge in [0.05, 0.1) is 4.70 Å². The zero-order chi connectivity index (χ0) is 10.3. The van der Waals surface area contributed by atoms with Crippen LogP contribution in [-0.2, 0) is 0 Å². The Morgan fingerprint density at radius 1 is 1.57 bits per heavy atom. The second kappa shape index (κ2) is 2.99. The standard InChI is InChI=1S/C10H9NO2S/c1-5(2)6-3-4-7(12)8-9(6)14-10(13)11-8/h3-4,12H,1H2,2H3,(H,11,13). The maximum atomic E-state index is 11.1. The molecule has 0 bridgehead atoms. The maximum absolute atomic E-state index is 11.1. The second-order valence-electron chi connectivity index (χ2n) is 3.13. The molecule has 0 aliphatic heterocycles. The summed E-state index contributed by atoms with van der Waals surface area (Å²) < 4.78 is 0.766. The fourth-order valence-electron chi connectivity index (χ4n) is 1.36. The highest BCUT2D eigenvalue weighted by atomic mass is 32.1. The van der Waals surface area contributed by atoms with Crippen molar-refractivity contribution in [3.8, 4) is 5.75 Å². The first kappa shape index (κ1) is 9.02. The lowest BCUT2D eigenvalue weighted by Gasteiger charge is -2.01. The van der Waals surface area contributed by atoms with E-state index in [9.17, 15) is 9.90 Å². The lowest BCUT2D eigenvalue weighted by atomic mass is 10.1. The van der Waals surface area contributed by atoms with E-state index < -0.39 is 0 Å². The number of hydrogen-bond donors (Lipinski definition) is 2. The number of phenolic OH excluding ortho intramolecular Hbond substituents is 1. The molecule has 0 spiro atoms. The molecule has 2 N–H and O–H groups in total. The van der Waals surface area contributed by atoms with Gasteiger partial charge in [0.2, 0.25) is 0 Å². The molecule has 0 radical (unpaired) electrons. The summed E-state index contributed by atoms with van der Waals surface area (Å²) in [5.41, 5.74) is 2.28. The highest BCUT2D eigenvalue weighted by molar-refractivity contribution is 7.16. The third kappa shape index (κ3) is 1.24. The van der Waals surface area contributed by atoms with Gasteiger partial charge >= 0.3 is 4.87 Å². The van der Waals surface area contributed by atoms with E-state index in [1.165, 1.54) is 0 Å². The van der Waals surface area contributed by atoms with Crippen LogP contribution in [0.5, 0.6) is 5.75 Å². The van der Waals surface area contributed by atoms with E-state index in [4.69, 9.17) is 0 Å². The number of phenols is 1. The average Bonchev–Trinajstić information content (AvgIpc) is 2.47. The number of H-pyrrole nitrogens is 1. The number of fused-ring (bicyclic) bond motifs is 1. The zero-order valence-corrected chi connectivity index (χ0v) is 8.44. The number of rotatable bonds is 1. The monoisotopic (exact) mass is 207 g/mol. The normalized spacial score (nSPS) is 10.6. The molecule has 1 heterocycles. The van der Waals surface area contributed by atoms with Gasteiger partial charge in [0.1, 0.15) is 11.3 Å². The highest BCUT2D eigenvalue weighted by Gasteiger charge is 2.09. The second-order valence-corrected chi connectivity index (χ2v) is 4.11. The largest absolute Gasteiger partial charge is 0.506 e. The number of benzene rings is 1. The van der Waals surface area contributed by atoms with Gasteiger partial charge in [-0.25, -0.2) is 0 Å². The topological polar surface area (TPSA) is 53.1 Å². The van der Waals surface area contributed by atoms with Crippen LogP contribution in [0.3, 0.4) is 0 Å². The molecule has 72 valence electrons. The minimum atomic E-state index is -0.163. The Morgan fingerprint density at radius 3 is 2.93 bits per heavy atom. The van der Waals surface area contributed by atoms with Crippen LogP contribution in [0.1, 0.15) is 12.5 Å². The van der Waals surface area contributed by atoms with Crippen molar-refractivity contribution in [1.82, 2.24) is 4.98 Å². The number of nitrogens with one attached hydrogen (secondary N) is 1. The summed E-state index contributed by atoms with van der Waals surface area (Å²) >= 11 is 1.09. The number of aromatic amines is 1. The molecule has 0 fully saturated rings. The number of aromatic nitrogens is 1. The third-order valence-electron chi connectivity index (χ3n) is 2.02. The molecule has 2 rings (SSSR count). The molecule has 2 aromatic rings. The maximum Gasteiger partial charge on any atom is 0.305 e. The van der Waals surface area contributed by atoms with Gasteiger partial charge in [0.15, 0.2) is 0 Å². The molecule has 1 aromatic heterocycles. The van der Waals surface area contributed by atoms with Crippen LogP contribution in [0.25, 0.3) is 15.8 Å². The summed E-state index contributed by atoms with van der Waals surface area (Å²) in [6.07, 6.45) is 0. The number of allylic oxidation sites excluding steroid dienone is 1. The van der Waals surface area contributed by atoms with Crippen LogP contribution in [0.2, 0.25) is 0 Å². The highest BCUT2D eigenvalue weighted by Crippen LogP contribution is 2.30. The first-order valence-electron chi connectivity index (χ1n) is 4.10. The predicted octanol–water partition coefficient (Wildman–Crippen LogP) is 2.33. The van der Waals surface area contributed by atoms with Crippen LogP contribution in [0.4, 0.5) is 0 Å². The Balaban J connectivity index is 2.94. The van der Waals surface area contributed by atoms with Crippen molar-refractivity contribution in [3.63, 3.8) is 0 Å². The van der Waals surface area contributed by atoms with Crippen LogP contribution in [0.15, 0.2) is 23.5 Å². The molecule has 0 aliphatic carbocycles. The van der Waals surface area contributed by atoms with Crippen molar-refractivity contribution in [1.29, 1.82) is 0 Å². The van der Waals surface area contributed by atoms with Crippen LogP contribution in [-0.4, -0.2) is 10.1 Å². The van der Waals surface area contributed by atoms with Gasteiger partial charge in [0.25, 0.3) is 0 Å². The zero-order valence-electron chi connectivity index (χ0n) is 7.63. The SMILES string of the molecule is C=C(C)c1ccc(O)c2[nH]c(=O)sc12. The van der Waals surface area contributed by atoms with Crippen molar-refractivity contribution in [2.24, 2.45) is 0 Å². The number of hydrogen-bond acceptors (Lipinski definition) is 3. The van der Waals surface area contributed by atoms with Gasteiger partial charge in [-0.15, -0.1) is 0 Å². The number of thiazole rings is 1. The Hall–Kier alpha value is -1.55. The summed E-state index contributed by atoms with van der Waals surface area (Å²) in [5, 5.41) is 9.50. The van der Waals surface area contributed by atoms with Gasteiger partial charge < -0.3 is 10.1 Å². The van der Waals surface area contributed by atoms with E-state index in [-0.39, 0.29) is 10.6 Å². The summed E-state index contributed by atoms with van der Waals surface area (Å²) in [4.78, 5) is 13.6. The van der Waals surface area contributed by atoms with Gasteiger partial charge in [-0.05, 0) is 30.2 Å². The van der Waals surface area contributed by atoms with E-state index in [1.807, 2.05) is 6.92 Å². The van der Waals surface area contributed by atoms with Crippen LogP contribution >= 0.6 is 11.3 Å². The molecule has 4 heteroatoms. The minimum Gasteiger partial charge on any atom is -0.506 e. The lowest BCUT2D eigenvalue weighted by molar-refractivity contribution is 0.480. The van der Waals surface area contributed by atoms with Crippen molar-refractivity contribution >= 4 is 27.1 Å². The molecular formula is C10H9NO2S. The molecule has 0 unspecified atom stereocenters. The van der Waals surface area contributed by atoms with E-state index >= 15 is 0 Å². The van der Waals surface area contributed by atoms with Crippen molar-refractivity contribution in [3.05, 3.63) is 33.9 Å². The molecule has 0 amide bonds. The summed E-state index contributed by atoms with van der Waals surface area (Å²) in [6, 6.07) is 3.33. The molecule has 0 aliphatic rings. The smallest absolute Gasteiger partial charge is 0.305 e. The van der Waals surface area contributed by atoms with E-state index in [0.717, 1.165) is 27.2 Å². The number of aromatic hydroxyl groups is 1. The van der Waals surface area contributed by atoms with Gasteiger partial charge in [-0.1, -0.05) is 17.9 Å². The molecule has 1 aromatic carbocycles. The molecule has 0 saturated carbocycles. The molecule has 3 nitrogen and oxygen atoms in total. The van der Waals surface area contributed by atoms with Crippen molar-refractivity contribution in [2.45, 2.75) is 6.92 Å². The Morgan fingerprint density at radius 2 is 2.29 bits per heavy atom. The van der Waals surface area contributed by atoms with Gasteiger partial charge in [0, 0.05) is 0 Å². The average molecular weight is 207 g/mol. The third-order valence-corrected chi connectivity index (χ3v) is 2.93. The summed E-state index contributed by atoms with van der Waals surface area (Å²) in [7, 11) is 0. The first-order valence-corrected chi connectivity index (χ1v) is 4.92. The van der Waals surface area contributed by atoms with Crippen LogP contribution in [0, 0.1) is 0 Å². The summed E-state index contributed by atoms with van der Waals surface area (Å²) in [6.45, 7) is 5.69. The van der Waals surface area contributed by atoms with Gasteiger partial charge in [-0.2, -0.15) is 0 Å². The van der Waals surface area contributed by atoms with Crippen molar-refractivity contribution < 1.29 is 5.11 Å². The minimum absolute atomic E-state index is 0.100. The van der Waals surface area contributed by atoms with Crippen LogP contribution < -0.4 is 4.87 Å². The van der Waals surface area contributed by atoms with E-state index in [0.29, 0.717) is 5.52 Å². The Bertz CT molecular complexity index is 565. The van der Waals surface area contributed by atoms with E-state index in [1.54, 1.807) is 12.1 Å². The molecule has 14 heavy (non-hydrogen) atoms. The Labute approximate surface area is 84.3 Å². The summed E-state index contributed by atoms with van der Waals surface area (Å²) in [5.74, 6) is 0.100.